The topological polar surface area (TPSA) is 137 Å². The minimum absolute atomic E-state index is 0.0366. The first-order valence-corrected chi connectivity index (χ1v) is 11.8. The Morgan fingerprint density at radius 3 is 2.62 bits per heavy atom. The third-order valence-corrected chi connectivity index (χ3v) is 6.05. The molecule has 37 heavy (non-hydrogen) atoms. The second-order valence-corrected chi connectivity index (χ2v) is 8.61. The fourth-order valence-electron chi connectivity index (χ4n) is 4.26. The molecule has 4 rings (SSSR count). The molecule has 194 valence electrons. The fourth-order valence-corrected chi connectivity index (χ4v) is 4.26. The minimum atomic E-state index is -0.837. The zero-order valence-corrected chi connectivity index (χ0v) is 19.9. The van der Waals surface area contributed by atoms with E-state index in [1.165, 1.54) is 16.8 Å². The number of ether oxygens (including phenoxy) is 1. The van der Waals surface area contributed by atoms with E-state index in [0.717, 1.165) is 18.6 Å². The highest BCUT2D eigenvalue weighted by Crippen LogP contribution is 2.33. The molecule has 9 nitrogen and oxygen atoms in total. The highest BCUT2D eigenvalue weighted by atomic mass is 19.1. The van der Waals surface area contributed by atoms with Crippen LogP contribution in [0.15, 0.2) is 54.6 Å². The summed E-state index contributed by atoms with van der Waals surface area (Å²) in [6, 6.07) is 9.09. The molecule has 2 aromatic carbocycles. The first-order valence-electron chi connectivity index (χ1n) is 11.8. The molecule has 11 heteroatoms. The van der Waals surface area contributed by atoms with Gasteiger partial charge in [-0.2, -0.15) is 5.10 Å². The second kappa shape index (κ2) is 11.2. The van der Waals surface area contributed by atoms with Gasteiger partial charge in [0, 0.05) is 31.3 Å². The standard InChI is InChI=1S/C26H27F2N5O4/c27-17-8-11-21(20(28)14-17)37-19-9-6-16(7-10-19)24-23(26(30)36)25(29)33(31-24)18-4-3-12-32(15-18)22(35)5-1-2-13-34/h1,5-11,14,18,34H,2-4,12-13,15,29H2,(H2,30,36). The molecular weight excluding hydrogens is 484 g/mol. The fraction of sp³-hybridized carbons (Fsp3) is 0.269. The van der Waals surface area contributed by atoms with E-state index in [-0.39, 0.29) is 47.1 Å². The Balaban J connectivity index is 1.58. The number of nitrogen functional groups attached to an aromatic ring is 1. The molecule has 1 saturated heterocycles. The molecule has 1 fully saturated rings. The predicted octanol–water partition coefficient (Wildman–Crippen LogP) is 3.40. The van der Waals surface area contributed by atoms with Crippen molar-refractivity contribution < 1.29 is 28.2 Å². The SMILES string of the molecule is NC(=O)c1c(-c2ccc(Oc3ccc(F)cc3F)cc2)nn(C2CCCN(C(=O)C=CCCO)C2)c1N. The lowest BCUT2D eigenvalue weighted by Crippen LogP contribution is -2.40. The summed E-state index contributed by atoms with van der Waals surface area (Å²) in [7, 11) is 0. The minimum Gasteiger partial charge on any atom is -0.454 e. The lowest BCUT2D eigenvalue weighted by Gasteiger charge is -2.32. The van der Waals surface area contributed by atoms with Gasteiger partial charge in [0.1, 0.15) is 28.6 Å². The summed E-state index contributed by atoms with van der Waals surface area (Å²) >= 11 is 0. The van der Waals surface area contributed by atoms with Crippen molar-refractivity contribution in [2.24, 2.45) is 5.73 Å². The van der Waals surface area contributed by atoms with Crippen LogP contribution in [0.25, 0.3) is 11.3 Å². The van der Waals surface area contributed by atoms with Gasteiger partial charge in [-0.15, -0.1) is 0 Å². The van der Waals surface area contributed by atoms with Gasteiger partial charge in [-0.25, -0.2) is 13.5 Å². The van der Waals surface area contributed by atoms with E-state index in [9.17, 15) is 18.4 Å². The summed E-state index contributed by atoms with van der Waals surface area (Å²) in [4.78, 5) is 26.5. The summed E-state index contributed by atoms with van der Waals surface area (Å²) in [6.45, 7) is 0.887. The number of hydrogen-bond acceptors (Lipinski definition) is 6. The maximum absolute atomic E-state index is 13.9. The van der Waals surface area contributed by atoms with E-state index in [1.807, 2.05) is 0 Å². The van der Waals surface area contributed by atoms with Crippen molar-refractivity contribution in [2.75, 3.05) is 25.4 Å². The Labute approximate surface area is 211 Å². The third-order valence-electron chi connectivity index (χ3n) is 6.05. The molecule has 3 aromatic rings. The average Bonchev–Trinajstić information content (AvgIpc) is 3.23. The van der Waals surface area contributed by atoms with Gasteiger partial charge in [-0.05, 0) is 61.7 Å². The van der Waals surface area contributed by atoms with Gasteiger partial charge in [0.15, 0.2) is 11.6 Å². The van der Waals surface area contributed by atoms with Crippen molar-refractivity contribution in [2.45, 2.75) is 25.3 Å². The van der Waals surface area contributed by atoms with E-state index in [2.05, 4.69) is 5.10 Å². The highest BCUT2D eigenvalue weighted by Gasteiger charge is 2.29. The zero-order chi connectivity index (χ0) is 26.5. The van der Waals surface area contributed by atoms with Crippen LogP contribution in [0.3, 0.4) is 0 Å². The maximum Gasteiger partial charge on any atom is 0.254 e. The molecule has 0 aliphatic carbocycles. The Kier molecular flexibility index (Phi) is 7.83. The van der Waals surface area contributed by atoms with Crippen molar-refractivity contribution >= 4 is 17.6 Å². The maximum atomic E-state index is 13.9. The number of aromatic nitrogens is 2. The molecule has 0 spiro atoms. The number of hydrogen-bond donors (Lipinski definition) is 3. The molecule has 1 aliphatic rings. The molecule has 1 aliphatic heterocycles. The third kappa shape index (κ3) is 5.78. The Morgan fingerprint density at radius 2 is 1.95 bits per heavy atom. The summed E-state index contributed by atoms with van der Waals surface area (Å²) in [6.07, 6.45) is 4.87. The van der Waals surface area contributed by atoms with Crippen molar-refractivity contribution in [3.63, 3.8) is 0 Å². The summed E-state index contributed by atoms with van der Waals surface area (Å²) in [5, 5.41) is 13.5. The lowest BCUT2D eigenvalue weighted by atomic mass is 10.1. The van der Waals surface area contributed by atoms with Crippen LogP contribution in [0.1, 0.15) is 35.7 Å². The molecule has 2 heterocycles. The summed E-state index contributed by atoms with van der Waals surface area (Å²) < 4.78 is 34.1. The number of benzene rings is 2. The Bertz CT molecular complexity index is 1320. The monoisotopic (exact) mass is 511 g/mol. The summed E-state index contributed by atoms with van der Waals surface area (Å²) in [5.41, 5.74) is 12.8. The van der Waals surface area contributed by atoms with Gasteiger partial charge < -0.3 is 26.2 Å². The first kappa shape index (κ1) is 25.8. The van der Waals surface area contributed by atoms with E-state index in [0.29, 0.717) is 31.5 Å². The number of halogens is 2. The molecule has 1 aromatic heterocycles. The summed E-state index contributed by atoms with van der Waals surface area (Å²) in [5.74, 6) is -2.21. The van der Waals surface area contributed by atoms with Crippen LogP contribution in [0.2, 0.25) is 0 Å². The molecule has 1 unspecified atom stereocenters. The zero-order valence-electron chi connectivity index (χ0n) is 19.9. The van der Waals surface area contributed by atoms with Gasteiger partial charge >= 0.3 is 0 Å². The number of aliphatic hydroxyl groups is 1. The van der Waals surface area contributed by atoms with Crippen LogP contribution in [0.5, 0.6) is 11.5 Å². The van der Waals surface area contributed by atoms with E-state index in [4.69, 9.17) is 21.3 Å². The predicted molar refractivity (Wildman–Crippen MR) is 133 cm³/mol. The van der Waals surface area contributed by atoms with Crippen molar-refractivity contribution in [1.82, 2.24) is 14.7 Å². The largest absolute Gasteiger partial charge is 0.454 e. The number of piperidine rings is 1. The number of primary amides is 1. The van der Waals surface area contributed by atoms with Gasteiger partial charge in [0.2, 0.25) is 5.91 Å². The van der Waals surface area contributed by atoms with Crippen molar-refractivity contribution in [3.05, 3.63) is 71.8 Å². The number of carbonyl (C=O) groups excluding carboxylic acids is 2. The van der Waals surface area contributed by atoms with Gasteiger partial charge in [-0.3, -0.25) is 9.59 Å². The number of anilines is 1. The number of amides is 2. The number of aliphatic hydroxyl groups excluding tert-OH is 1. The Morgan fingerprint density at radius 1 is 1.19 bits per heavy atom. The number of nitrogens with two attached hydrogens (primary N) is 2. The van der Waals surface area contributed by atoms with Crippen LogP contribution >= 0.6 is 0 Å². The quantitative estimate of drug-likeness (QED) is 0.397. The van der Waals surface area contributed by atoms with Crippen LogP contribution in [-0.4, -0.2) is 51.3 Å². The molecule has 5 N–H and O–H groups in total. The Hall–Kier alpha value is -4.25. The van der Waals surface area contributed by atoms with Crippen molar-refractivity contribution in [3.8, 4) is 22.8 Å². The number of rotatable bonds is 8. The van der Waals surface area contributed by atoms with Crippen molar-refractivity contribution in [1.29, 1.82) is 0 Å². The first-order chi connectivity index (χ1) is 17.8. The smallest absolute Gasteiger partial charge is 0.254 e. The second-order valence-electron chi connectivity index (χ2n) is 8.61. The number of likely N-dealkylation sites (tertiary alicyclic amines) is 1. The highest BCUT2D eigenvalue weighted by molar-refractivity contribution is 6.03. The van der Waals surface area contributed by atoms with E-state index < -0.39 is 17.5 Å². The van der Waals surface area contributed by atoms with Crippen LogP contribution in [-0.2, 0) is 4.79 Å². The normalized spacial score (nSPS) is 15.8. The lowest BCUT2D eigenvalue weighted by molar-refractivity contribution is -0.127. The molecule has 0 bridgehead atoms. The molecular formula is C26H27F2N5O4. The van der Waals surface area contributed by atoms with Crippen LogP contribution in [0.4, 0.5) is 14.6 Å². The average molecular weight is 512 g/mol. The molecule has 2 amide bonds. The molecule has 1 atom stereocenters. The van der Waals surface area contributed by atoms with Gasteiger partial charge in [-0.1, -0.05) is 6.08 Å². The van der Waals surface area contributed by atoms with Gasteiger partial charge in [0.05, 0.1) is 6.04 Å². The van der Waals surface area contributed by atoms with E-state index >= 15 is 0 Å². The molecule has 0 saturated carbocycles. The number of carbonyl (C=O) groups is 2. The molecule has 0 radical (unpaired) electrons. The van der Waals surface area contributed by atoms with Crippen LogP contribution < -0.4 is 16.2 Å². The van der Waals surface area contributed by atoms with Crippen LogP contribution in [0, 0.1) is 11.6 Å². The van der Waals surface area contributed by atoms with Gasteiger partial charge in [0.25, 0.3) is 5.91 Å². The number of nitrogens with zero attached hydrogens (tertiary/aromatic N) is 3. The van der Waals surface area contributed by atoms with E-state index in [1.54, 1.807) is 35.2 Å².